The van der Waals surface area contributed by atoms with Crippen molar-refractivity contribution >= 4 is 5.97 Å². The first-order chi connectivity index (χ1) is 8.31. The Hall–Kier alpha value is -0.570. The highest BCUT2D eigenvalue weighted by Crippen LogP contribution is 2.24. The second kappa shape index (κ2) is 14.5. The van der Waals surface area contributed by atoms with Crippen molar-refractivity contribution in [3.8, 4) is 0 Å². The molecule has 0 aromatic rings. The van der Waals surface area contributed by atoms with Crippen LogP contribution in [0.25, 0.3) is 0 Å². The molecule has 0 spiro atoms. The van der Waals surface area contributed by atoms with Gasteiger partial charge in [-0.25, -0.2) is 0 Å². The molecule has 0 aromatic carbocycles. The van der Waals surface area contributed by atoms with E-state index in [9.17, 15) is 9.90 Å². The van der Waals surface area contributed by atoms with Crippen LogP contribution in [0.15, 0.2) is 0 Å². The average molecular weight is 262 g/mol. The van der Waals surface area contributed by atoms with Gasteiger partial charge in [-0.15, -0.1) is 0 Å². The fourth-order valence-electron chi connectivity index (χ4n) is 1.17. The van der Waals surface area contributed by atoms with E-state index in [0.29, 0.717) is 5.92 Å². The Kier molecular flexibility index (Phi) is 18.2. The monoisotopic (exact) mass is 262 g/mol. The lowest BCUT2D eigenvalue weighted by atomic mass is 9.85. The lowest BCUT2D eigenvalue weighted by molar-refractivity contribution is -0.137. The van der Waals surface area contributed by atoms with Crippen LogP contribution in [0.3, 0.4) is 0 Å². The fraction of sp³-hybridized carbons (Fsp3) is 0.933. The molecule has 0 bridgehead atoms. The van der Waals surface area contributed by atoms with Crippen molar-refractivity contribution in [2.45, 2.75) is 79.8 Å². The van der Waals surface area contributed by atoms with Gasteiger partial charge in [0.1, 0.15) is 0 Å². The Bertz CT molecular complexity index is 177. The van der Waals surface area contributed by atoms with Crippen LogP contribution in [0.1, 0.15) is 74.1 Å². The molecule has 3 nitrogen and oxygen atoms in total. The van der Waals surface area contributed by atoms with E-state index in [-0.39, 0.29) is 5.97 Å². The zero-order chi connectivity index (χ0) is 15.2. The highest BCUT2D eigenvalue weighted by Gasteiger charge is 2.24. The van der Waals surface area contributed by atoms with E-state index in [0.717, 1.165) is 12.8 Å². The number of ether oxygens (including phenoxy) is 1. The van der Waals surface area contributed by atoms with E-state index in [2.05, 4.69) is 18.6 Å². The lowest BCUT2D eigenvalue weighted by Crippen LogP contribution is -2.31. The summed E-state index contributed by atoms with van der Waals surface area (Å²) in [7, 11) is 1.35. The summed E-state index contributed by atoms with van der Waals surface area (Å²) in [5, 5.41) is 9.82. The number of hydrogen-bond acceptors (Lipinski definition) is 3. The minimum atomic E-state index is -0.449. The molecule has 2 atom stereocenters. The maximum Gasteiger partial charge on any atom is 0.302 e. The summed E-state index contributed by atoms with van der Waals surface area (Å²) < 4.78 is 4.11. The first-order valence-corrected chi connectivity index (χ1v) is 7.08. The Morgan fingerprint density at radius 1 is 1.33 bits per heavy atom. The third-order valence-electron chi connectivity index (χ3n) is 3.06. The molecule has 0 aliphatic heterocycles. The molecule has 2 unspecified atom stereocenters. The Morgan fingerprint density at radius 2 is 1.72 bits per heavy atom. The minimum absolute atomic E-state index is 0.245. The maximum atomic E-state index is 9.82. The molecule has 1 N–H and O–H groups in total. The second-order valence-electron chi connectivity index (χ2n) is 4.45. The number of carbonyl (C=O) groups excluding carboxylic acids is 1. The number of methoxy groups -OCH3 is 1. The zero-order valence-corrected chi connectivity index (χ0v) is 13.7. The average Bonchev–Trinajstić information content (AvgIpc) is 2.38. The highest BCUT2D eigenvalue weighted by molar-refractivity contribution is 5.65. The van der Waals surface area contributed by atoms with Gasteiger partial charge in [0.05, 0.1) is 12.7 Å². The first kappa shape index (κ1) is 22.6. The fourth-order valence-corrected chi connectivity index (χ4v) is 1.17. The number of unbranched alkanes of at least 4 members (excludes halogenated alkanes) is 1. The first-order valence-electron chi connectivity index (χ1n) is 7.08. The third-order valence-corrected chi connectivity index (χ3v) is 3.06. The normalized spacial score (nSPS) is 14.1. The Morgan fingerprint density at radius 3 is 1.94 bits per heavy atom. The molecule has 0 radical (unpaired) electrons. The molecule has 0 rings (SSSR count). The van der Waals surface area contributed by atoms with E-state index in [1.807, 2.05) is 27.7 Å². The smallest absolute Gasteiger partial charge is 0.302 e. The molecule has 0 aromatic heterocycles. The van der Waals surface area contributed by atoms with Crippen molar-refractivity contribution < 1.29 is 14.6 Å². The van der Waals surface area contributed by atoms with E-state index < -0.39 is 5.60 Å². The summed E-state index contributed by atoms with van der Waals surface area (Å²) in [5.74, 6) is 0.192. The van der Waals surface area contributed by atoms with Crippen molar-refractivity contribution in [2.24, 2.45) is 5.92 Å². The third kappa shape index (κ3) is 15.4. The molecular weight excluding hydrogens is 228 g/mol. The van der Waals surface area contributed by atoms with Crippen LogP contribution < -0.4 is 0 Å². The number of rotatable bonds is 5. The van der Waals surface area contributed by atoms with Gasteiger partial charge in [-0.05, 0) is 25.7 Å². The molecule has 0 heterocycles. The van der Waals surface area contributed by atoms with E-state index in [1.54, 1.807) is 0 Å². The van der Waals surface area contributed by atoms with Gasteiger partial charge < -0.3 is 9.84 Å². The molecular formula is C15H34O3. The Balaban J connectivity index is -0.000000270. The molecule has 0 saturated carbocycles. The molecule has 18 heavy (non-hydrogen) atoms. The van der Waals surface area contributed by atoms with Gasteiger partial charge in [-0.3, -0.25) is 4.79 Å². The van der Waals surface area contributed by atoms with Crippen LogP contribution in [0.2, 0.25) is 0 Å². The predicted molar refractivity (Wildman–Crippen MR) is 78.6 cm³/mol. The van der Waals surface area contributed by atoms with Crippen LogP contribution in [-0.4, -0.2) is 23.8 Å². The van der Waals surface area contributed by atoms with Crippen molar-refractivity contribution in [1.29, 1.82) is 0 Å². The van der Waals surface area contributed by atoms with Crippen molar-refractivity contribution in [3.63, 3.8) is 0 Å². The van der Waals surface area contributed by atoms with Gasteiger partial charge in [-0.1, -0.05) is 47.5 Å². The van der Waals surface area contributed by atoms with Gasteiger partial charge in [-0.2, -0.15) is 0 Å². The van der Waals surface area contributed by atoms with Gasteiger partial charge in [0.25, 0.3) is 0 Å². The molecule has 0 amide bonds. The van der Waals surface area contributed by atoms with Crippen molar-refractivity contribution in [1.82, 2.24) is 0 Å². The number of hydrogen-bond donors (Lipinski definition) is 1. The van der Waals surface area contributed by atoms with Crippen LogP contribution in [0.5, 0.6) is 0 Å². The summed E-state index contributed by atoms with van der Waals surface area (Å²) in [4.78, 5) is 9.59. The molecule has 3 heteroatoms. The topological polar surface area (TPSA) is 46.5 Å². The van der Waals surface area contributed by atoms with Crippen LogP contribution in [-0.2, 0) is 9.53 Å². The quantitative estimate of drug-likeness (QED) is 0.756. The molecule has 0 aliphatic carbocycles. The van der Waals surface area contributed by atoms with Crippen molar-refractivity contribution in [3.05, 3.63) is 0 Å². The largest absolute Gasteiger partial charge is 0.469 e. The van der Waals surface area contributed by atoms with Crippen molar-refractivity contribution in [2.75, 3.05) is 7.11 Å². The van der Waals surface area contributed by atoms with Gasteiger partial charge >= 0.3 is 5.97 Å². The SMILES string of the molecule is CC.CCCCC(C)C(C)(O)CC.COC(C)=O. The standard InChI is InChI=1S/C10H22O.C3H6O2.C2H6/c1-5-7-8-9(3)10(4,11)6-2;1-3(4)5-2;1-2/h9,11H,5-8H2,1-4H3;1-2H3;1-2H3. The second-order valence-corrected chi connectivity index (χ2v) is 4.45. The lowest BCUT2D eigenvalue weighted by Gasteiger charge is -2.28. The molecule has 0 aliphatic rings. The van der Waals surface area contributed by atoms with Gasteiger partial charge in [0.2, 0.25) is 0 Å². The molecule has 0 fully saturated rings. The Labute approximate surface area is 114 Å². The summed E-state index contributed by atoms with van der Waals surface area (Å²) in [6, 6.07) is 0. The maximum absolute atomic E-state index is 9.82. The predicted octanol–water partition coefficient (Wildman–Crippen LogP) is 4.18. The van der Waals surface area contributed by atoms with Crippen LogP contribution >= 0.6 is 0 Å². The molecule has 112 valence electrons. The summed E-state index contributed by atoms with van der Waals surface area (Å²) in [5.41, 5.74) is -0.449. The van der Waals surface area contributed by atoms with Crippen LogP contribution in [0, 0.1) is 5.92 Å². The zero-order valence-electron chi connectivity index (χ0n) is 13.7. The van der Waals surface area contributed by atoms with E-state index >= 15 is 0 Å². The van der Waals surface area contributed by atoms with E-state index in [4.69, 9.17) is 0 Å². The molecule has 0 saturated heterocycles. The van der Waals surface area contributed by atoms with Crippen LogP contribution in [0.4, 0.5) is 0 Å². The summed E-state index contributed by atoms with van der Waals surface area (Å²) in [6.07, 6.45) is 4.47. The summed E-state index contributed by atoms with van der Waals surface area (Å²) in [6.45, 7) is 13.7. The van der Waals surface area contributed by atoms with E-state index in [1.165, 1.54) is 26.9 Å². The van der Waals surface area contributed by atoms with Gasteiger partial charge in [0, 0.05) is 6.92 Å². The number of aliphatic hydroxyl groups is 1. The van der Waals surface area contributed by atoms with Gasteiger partial charge in [0.15, 0.2) is 0 Å². The number of esters is 1. The minimum Gasteiger partial charge on any atom is -0.469 e. The number of carbonyl (C=O) groups is 1. The highest BCUT2D eigenvalue weighted by atomic mass is 16.5. The summed E-state index contributed by atoms with van der Waals surface area (Å²) >= 11 is 0.